The van der Waals surface area contributed by atoms with Crippen LogP contribution in [0.2, 0.25) is 0 Å². The number of aromatic nitrogens is 3. The fraction of sp³-hybridized carbons (Fsp3) is 0.625. The molecule has 0 atom stereocenters. The molecule has 2 heterocycles. The third-order valence-electron chi connectivity index (χ3n) is 6.78. The van der Waals surface area contributed by atoms with Gasteiger partial charge in [-0.05, 0) is 69.7 Å². The molecule has 7 heteroatoms. The molecule has 168 valence electrons. The van der Waals surface area contributed by atoms with Gasteiger partial charge >= 0.3 is 0 Å². The normalized spacial score (nSPS) is 22.4. The smallest absolute Gasteiger partial charge is 0.233 e. The molecule has 2 aliphatic rings. The average molecular weight is 442 g/mol. The predicted molar refractivity (Wildman–Crippen MR) is 125 cm³/mol. The summed E-state index contributed by atoms with van der Waals surface area (Å²) in [6.45, 7) is 5.35. The molecular weight excluding hydrogens is 406 g/mol. The van der Waals surface area contributed by atoms with Gasteiger partial charge in [0.05, 0.1) is 12.3 Å². The first-order valence-electron chi connectivity index (χ1n) is 11.7. The Hall–Kier alpha value is -1.86. The van der Waals surface area contributed by atoms with Gasteiger partial charge in [-0.1, -0.05) is 43.3 Å². The van der Waals surface area contributed by atoms with Crippen LogP contribution < -0.4 is 0 Å². The van der Waals surface area contributed by atoms with Crippen molar-refractivity contribution in [3.8, 4) is 5.69 Å². The molecule has 1 amide bonds. The molecule has 0 bridgehead atoms. The summed E-state index contributed by atoms with van der Waals surface area (Å²) in [7, 11) is 1.97. The average Bonchev–Trinajstić information content (AvgIpc) is 3.21. The van der Waals surface area contributed by atoms with Crippen LogP contribution in [0, 0.1) is 5.92 Å². The summed E-state index contributed by atoms with van der Waals surface area (Å²) < 4.78 is 2.13. The molecule has 1 saturated heterocycles. The van der Waals surface area contributed by atoms with Gasteiger partial charge in [-0.3, -0.25) is 14.3 Å². The molecule has 2 aromatic rings. The van der Waals surface area contributed by atoms with Crippen molar-refractivity contribution >= 4 is 17.7 Å². The van der Waals surface area contributed by atoms with Crippen molar-refractivity contribution in [1.29, 1.82) is 0 Å². The number of nitrogens with zero attached hydrogens (tertiary/aromatic N) is 5. The van der Waals surface area contributed by atoms with Gasteiger partial charge in [0.25, 0.3) is 0 Å². The van der Waals surface area contributed by atoms with Crippen molar-refractivity contribution in [2.45, 2.75) is 69.6 Å². The second kappa shape index (κ2) is 10.6. The van der Waals surface area contributed by atoms with E-state index in [1.165, 1.54) is 43.9 Å². The summed E-state index contributed by atoms with van der Waals surface area (Å²) in [5.74, 6) is 2.33. The minimum absolute atomic E-state index is 0.185. The molecule has 1 saturated carbocycles. The van der Waals surface area contributed by atoms with E-state index in [1.807, 2.05) is 30.1 Å². The second-order valence-electron chi connectivity index (χ2n) is 9.11. The molecule has 0 N–H and O–H groups in total. The standard InChI is InChI=1S/C24H35N5OS/c1-19-11-13-20(14-12-19)27(2)23(30)18-31-24-26-25-22(17-28-15-7-4-8-16-28)29(24)21-9-5-3-6-10-21/h3,5-6,9-10,19-20H,4,7-8,11-18H2,1-2H3. The van der Waals surface area contributed by atoms with E-state index < -0.39 is 0 Å². The van der Waals surface area contributed by atoms with Crippen LogP contribution in [0.25, 0.3) is 5.69 Å². The lowest BCUT2D eigenvalue weighted by molar-refractivity contribution is -0.129. The zero-order valence-corrected chi connectivity index (χ0v) is 19.7. The number of benzene rings is 1. The number of hydrogen-bond acceptors (Lipinski definition) is 5. The van der Waals surface area contributed by atoms with Crippen molar-refractivity contribution in [2.75, 3.05) is 25.9 Å². The Balaban J connectivity index is 1.45. The van der Waals surface area contributed by atoms with Crippen LogP contribution in [0.15, 0.2) is 35.5 Å². The van der Waals surface area contributed by atoms with Crippen LogP contribution in [-0.2, 0) is 11.3 Å². The van der Waals surface area contributed by atoms with Gasteiger partial charge < -0.3 is 4.90 Å². The molecule has 0 spiro atoms. The highest BCUT2D eigenvalue weighted by Crippen LogP contribution is 2.28. The quantitative estimate of drug-likeness (QED) is 0.597. The van der Waals surface area contributed by atoms with E-state index in [4.69, 9.17) is 0 Å². The number of amides is 1. The third-order valence-corrected chi connectivity index (χ3v) is 7.69. The van der Waals surface area contributed by atoms with Crippen molar-refractivity contribution in [3.05, 3.63) is 36.2 Å². The van der Waals surface area contributed by atoms with Crippen molar-refractivity contribution in [2.24, 2.45) is 5.92 Å². The lowest BCUT2D eigenvalue weighted by Gasteiger charge is -2.33. The molecule has 1 aliphatic heterocycles. The molecule has 4 rings (SSSR count). The van der Waals surface area contributed by atoms with Crippen molar-refractivity contribution in [3.63, 3.8) is 0 Å². The lowest BCUT2D eigenvalue weighted by atomic mass is 9.87. The van der Waals surface area contributed by atoms with Crippen LogP contribution in [0.5, 0.6) is 0 Å². The van der Waals surface area contributed by atoms with E-state index in [0.717, 1.165) is 55.1 Å². The van der Waals surface area contributed by atoms with Gasteiger partial charge in [0.1, 0.15) is 0 Å². The molecule has 1 aliphatic carbocycles. The summed E-state index contributed by atoms with van der Waals surface area (Å²) in [5.41, 5.74) is 1.06. The van der Waals surface area contributed by atoms with E-state index >= 15 is 0 Å². The minimum Gasteiger partial charge on any atom is -0.342 e. The Kier molecular flexibility index (Phi) is 7.67. The SMILES string of the molecule is CC1CCC(N(C)C(=O)CSc2nnc(CN3CCCCC3)n2-c2ccccc2)CC1. The fourth-order valence-corrected chi connectivity index (χ4v) is 5.61. The largest absolute Gasteiger partial charge is 0.342 e. The Morgan fingerprint density at radius 2 is 1.77 bits per heavy atom. The zero-order valence-electron chi connectivity index (χ0n) is 18.9. The summed E-state index contributed by atoms with van der Waals surface area (Å²) in [6, 6.07) is 10.7. The maximum Gasteiger partial charge on any atom is 0.233 e. The van der Waals surface area contributed by atoms with Crippen LogP contribution >= 0.6 is 11.8 Å². The highest BCUT2D eigenvalue weighted by atomic mass is 32.2. The first-order chi connectivity index (χ1) is 15.1. The topological polar surface area (TPSA) is 54.3 Å². The number of thioether (sulfide) groups is 1. The molecule has 1 aromatic carbocycles. The molecule has 2 fully saturated rings. The van der Waals surface area contributed by atoms with Gasteiger partial charge in [0, 0.05) is 18.8 Å². The maximum atomic E-state index is 12.9. The number of piperidine rings is 1. The Bertz CT molecular complexity index is 841. The predicted octanol–water partition coefficient (Wildman–Crippen LogP) is 4.38. The maximum absolute atomic E-state index is 12.9. The molecule has 1 aromatic heterocycles. The van der Waals surface area contributed by atoms with Crippen molar-refractivity contribution in [1.82, 2.24) is 24.6 Å². The zero-order chi connectivity index (χ0) is 21.6. The van der Waals surface area contributed by atoms with Crippen LogP contribution in [-0.4, -0.2) is 62.4 Å². The first-order valence-corrected chi connectivity index (χ1v) is 12.7. The lowest BCUT2D eigenvalue weighted by Crippen LogP contribution is -2.40. The number of rotatable bonds is 7. The molecular formula is C24H35N5OS. The summed E-state index contributed by atoms with van der Waals surface area (Å²) in [6.07, 6.45) is 8.50. The van der Waals surface area contributed by atoms with Gasteiger partial charge in [0.2, 0.25) is 5.91 Å². The minimum atomic E-state index is 0.185. The molecule has 0 unspecified atom stereocenters. The third kappa shape index (κ3) is 5.69. The van der Waals surface area contributed by atoms with E-state index in [2.05, 4.69) is 38.7 Å². The number of carbonyl (C=O) groups is 1. The fourth-order valence-electron chi connectivity index (χ4n) is 4.71. The van der Waals surface area contributed by atoms with Gasteiger partial charge in [-0.15, -0.1) is 10.2 Å². The van der Waals surface area contributed by atoms with Crippen molar-refractivity contribution < 1.29 is 4.79 Å². The first kappa shape index (κ1) is 22.3. The summed E-state index contributed by atoms with van der Waals surface area (Å²) >= 11 is 1.51. The Morgan fingerprint density at radius 1 is 1.06 bits per heavy atom. The molecule has 6 nitrogen and oxygen atoms in total. The van der Waals surface area contributed by atoms with E-state index in [-0.39, 0.29) is 5.91 Å². The van der Waals surface area contributed by atoms with Gasteiger partial charge in [-0.2, -0.15) is 0 Å². The molecule has 0 radical (unpaired) electrons. The summed E-state index contributed by atoms with van der Waals surface area (Å²) in [4.78, 5) is 17.3. The summed E-state index contributed by atoms with van der Waals surface area (Å²) in [5, 5.41) is 9.83. The van der Waals surface area contributed by atoms with E-state index in [1.54, 1.807) is 0 Å². The van der Waals surface area contributed by atoms with Crippen LogP contribution in [0.1, 0.15) is 57.7 Å². The Labute approximate surface area is 190 Å². The number of carbonyl (C=O) groups excluding carboxylic acids is 1. The van der Waals surface area contributed by atoms with E-state index in [9.17, 15) is 4.79 Å². The van der Waals surface area contributed by atoms with Crippen LogP contribution in [0.4, 0.5) is 0 Å². The van der Waals surface area contributed by atoms with Gasteiger partial charge in [-0.25, -0.2) is 0 Å². The monoisotopic (exact) mass is 441 g/mol. The van der Waals surface area contributed by atoms with E-state index in [0.29, 0.717) is 11.8 Å². The Morgan fingerprint density at radius 3 is 2.48 bits per heavy atom. The highest BCUT2D eigenvalue weighted by Gasteiger charge is 2.26. The number of para-hydroxylation sites is 1. The second-order valence-corrected chi connectivity index (χ2v) is 10.1. The highest BCUT2D eigenvalue weighted by molar-refractivity contribution is 7.99. The van der Waals surface area contributed by atoms with Gasteiger partial charge in [0.15, 0.2) is 11.0 Å². The van der Waals surface area contributed by atoms with Crippen LogP contribution in [0.3, 0.4) is 0 Å². The number of likely N-dealkylation sites (tertiary alicyclic amines) is 1. The number of hydrogen-bond donors (Lipinski definition) is 0. The molecule has 31 heavy (non-hydrogen) atoms.